The number of nitrogens with one attached hydrogen (secondary N) is 1. The van der Waals surface area contributed by atoms with Crippen LogP contribution in [-0.4, -0.2) is 37.2 Å². The third kappa shape index (κ3) is 5.87. The molecule has 0 radical (unpaired) electrons. The predicted molar refractivity (Wildman–Crippen MR) is 77.2 cm³/mol. The first kappa shape index (κ1) is 16.2. The van der Waals surface area contributed by atoms with Crippen molar-refractivity contribution < 1.29 is 9.53 Å². The highest BCUT2D eigenvalue weighted by molar-refractivity contribution is 14.0. The van der Waals surface area contributed by atoms with E-state index < -0.39 is 12.0 Å². The molecule has 1 heterocycles. The van der Waals surface area contributed by atoms with Crippen molar-refractivity contribution in [3.8, 4) is 0 Å². The average molecular weight is 354 g/mol. The van der Waals surface area contributed by atoms with Gasteiger partial charge in [0.25, 0.3) is 0 Å². The normalized spacial score (nSPS) is 23.9. The van der Waals surface area contributed by atoms with E-state index in [9.17, 15) is 4.79 Å². The summed E-state index contributed by atoms with van der Waals surface area (Å²) in [6.07, 6.45) is 2.60. The molecule has 1 aliphatic heterocycles. The SMILES string of the molecule is C=CCNC(N)=NCC1CCC(C(N)=O)O1.I. The monoisotopic (exact) mass is 354 g/mol. The highest BCUT2D eigenvalue weighted by atomic mass is 127. The first-order valence-corrected chi connectivity index (χ1v) is 5.23. The van der Waals surface area contributed by atoms with Crippen LogP contribution in [0.4, 0.5) is 0 Å². The molecule has 0 bridgehead atoms. The molecule has 0 aromatic rings. The summed E-state index contributed by atoms with van der Waals surface area (Å²) < 4.78 is 5.39. The molecule has 1 aliphatic rings. The van der Waals surface area contributed by atoms with Crippen molar-refractivity contribution in [2.75, 3.05) is 13.1 Å². The summed E-state index contributed by atoms with van der Waals surface area (Å²) in [5, 5.41) is 2.85. The van der Waals surface area contributed by atoms with Crippen molar-refractivity contribution in [2.24, 2.45) is 16.5 Å². The smallest absolute Gasteiger partial charge is 0.246 e. The van der Waals surface area contributed by atoms with Crippen molar-refractivity contribution in [3.63, 3.8) is 0 Å². The van der Waals surface area contributed by atoms with Crippen molar-refractivity contribution in [2.45, 2.75) is 25.0 Å². The highest BCUT2D eigenvalue weighted by Crippen LogP contribution is 2.19. The molecule has 0 aromatic carbocycles. The molecular formula is C10H19IN4O2. The van der Waals surface area contributed by atoms with Crippen LogP contribution < -0.4 is 16.8 Å². The minimum atomic E-state index is -0.470. The van der Waals surface area contributed by atoms with E-state index >= 15 is 0 Å². The zero-order valence-electron chi connectivity index (χ0n) is 9.59. The van der Waals surface area contributed by atoms with Crippen LogP contribution in [0.3, 0.4) is 0 Å². The van der Waals surface area contributed by atoms with E-state index in [0.717, 1.165) is 6.42 Å². The Morgan fingerprint density at radius 1 is 1.53 bits per heavy atom. The standard InChI is InChI=1S/C10H18N4O2.HI/c1-2-5-13-10(12)14-6-7-3-4-8(16-7)9(11)15;/h2,7-8H,1,3-6H2,(H2,11,15)(H3,12,13,14);1H. The first-order valence-electron chi connectivity index (χ1n) is 5.23. The quantitative estimate of drug-likeness (QED) is 0.274. The molecule has 0 spiro atoms. The van der Waals surface area contributed by atoms with E-state index in [4.69, 9.17) is 16.2 Å². The molecule has 1 rings (SSSR count). The lowest BCUT2D eigenvalue weighted by Gasteiger charge is -2.09. The average Bonchev–Trinajstić information content (AvgIpc) is 2.72. The van der Waals surface area contributed by atoms with E-state index in [-0.39, 0.29) is 30.1 Å². The van der Waals surface area contributed by atoms with Crippen LogP contribution >= 0.6 is 24.0 Å². The molecule has 1 saturated heterocycles. The Morgan fingerprint density at radius 3 is 2.76 bits per heavy atom. The Kier molecular flexibility index (Phi) is 7.88. The number of nitrogens with two attached hydrogens (primary N) is 2. The second-order valence-corrected chi connectivity index (χ2v) is 3.62. The molecule has 2 atom stereocenters. The van der Waals surface area contributed by atoms with Crippen LogP contribution in [0.5, 0.6) is 0 Å². The fourth-order valence-electron chi connectivity index (χ4n) is 1.48. The van der Waals surface area contributed by atoms with E-state index in [1.807, 2.05) is 0 Å². The number of halogens is 1. The van der Waals surface area contributed by atoms with Crippen LogP contribution in [0.25, 0.3) is 0 Å². The number of rotatable bonds is 5. The van der Waals surface area contributed by atoms with Crippen LogP contribution in [0.15, 0.2) is 17.6 Å². The van der Waals surface area contributed by atoms with Crippen molar-refractivity contribution in [1.29, 1.82) is 0 Å². The van der Waals surface area contributed by atoms with E-state index in [2.05, 4.69) is 16.9 Å². The number of nitrogens with zero attached hydrogens (tertiary/aromatic N) is 1. The lowest BCUT2D eigenvalue weighted by Crippen LogP contribution is -2.33. The Balaban J connectivity index is 0.00000256. The molecule has 0 aliphatic carbocycles. The maximum atomic E-state index is 10.8. The molecule has 1 amide bonds. The third-order valence-electron chi connectivity index (χ3n) is 2.32. The Morgan fingerprint density at radius 2 is 2.24 bits per heavy atom. The third-order valence-corrected chi connectivity index (χ3v) is 2.32. The lowest BCUT2D eigenvalue weighted by atomic mass is 10.2. The Hall–Kier alpha value is -0.830. The van der Waals surface area contributed by atoms with Gasteiger partial charge in [-0.3, -0.25) is 9.79 Å². The summed E-state index contributed by atoms with van der Waals surface area (Å²) in [4.78, 5) is 14.9. The summed E-state index contributed by atoms with van der Waals surface area (Å²) in [6, 6.07) is 0. The zero-order valence-corrected chi connectivity index (χ0v) is 11.9. The van der Waals surface area contributed by atoms with Gasteiger partial charge < -0.3 is 21.5 Å². The molecule has 98 valence electrons. The minimum absolute atomic E-state index is 0. The van der Waals surface area contributed by atoms with E-state index in [1.165, 1.54) is 0 Å². The summed E-state index contributed by atoms with van der Waals surface area (Å²) in [5.41, 5.74) is 10.7. The second kappa shape index (κ2) is 8.29. The minimum Gasteiger partial charge on any atom is -0.370 e. The van der Waals surface area contributed by atoms with Crippen LogP contribution in [-0.2, 0) is 9.53 Å². The number of hydrogen-bond donors (Lipinski definition) is 3. The summed E-state index contributed by atoms with van der Waals surface area (Å²) in [5.74, 6) is -0.0599. The number of guanidine groups is 1. The van der Waals surface area contributed by atoms with Crippen molar-refractivity contribution in [3.05, 3.63) is 12.7 Å². The number of amides is 1. The second-order valence-electron chi connectivity index (χ2n) is 3.62. The Bertz CT molecular complexity index is 296. The van der Waals surface area contributed by atoms with E-state index in [0.29, 0.717) is 25.5 Å². The highest BCUT2D eigenvalue weighted by Gasteiger charge is 2.28. The summed E-state index contributed by atoms with van der Waals surface area (Å²) in [6.45, 7) is 4.57. The largest absolute Gasteiger partial charge is 0.370 e. The summed E-state index contributed by atoms with van der Waals surface area (Å²) in [7, 11) is 0. The van der Waals surface area contributed by atoms with Gasteiger partial charge in [-0.2, -0.15) is 0 Å². The number of ether oxygens (including phenoxy) is 1. The molecular weight excluding hydrogens is 335 g/mol. The van der Waals surface area contributed by atoms with Gasteiger partial charge in [-0.05, 0) is 12.8 Å². The van der Waals surface area contributed by atoms with Crippen LogP contribution in [0.1, 0.15) is 12.8 Å². The number of aliphatic imine (C=N–C) groups is 1. The van der Waals surface area contributed by atoms with Crippen LogP contribution in [0.2, 0.25) is 0 Å². The Labute approximate surface area is 118 Å². The fraction of sp³-hybridized carbons (Fsp3) is 0.600. The van der Waals surface area contributed by atoms with Gasteiger partial charge in [0.05, 0.1) is 12.6 Å². The first-order chi connectivity index (χ1) is 7.63. The van der Waals surface area contributed by atoms with Gasteiger partial charge in [-0.1, -0.05) is 6.08 Å². The van der Waals surface area contributed by atoms with Gasteiger partial charge in [0, 0.05) is 6.54 Å². The number of hydrogen-bond acceptors (Lipinski definition) is 3. The molecule has 7 heteroatoms. The van der Waals surface area contributed by atoms with Crippen molar-refractivity contribution in [1.82, 2.24) is 5.32 Å². The number of carbonyl (C=O) groups excluding carboxylic acids is 1. The molecule has 17 heavy (non-hydrogen) atoms. The maximum absolute atomic E-state index is 10.8. The van der Waals surface area contributed by atoms with E-state index in [1.54, 1.807) is 6.08 Å². The van der Waals surface area contributed by atoms with Crippen LogP contribution in [0, 0.1) is 0 Å². The number of carbonyl (C=O) groups is 1. The topological polar surface area (TPSA) is 103 Å². The number of primary amides is 1. The predicted octanol–water partition coefficient (Wildman–Crippen LogP) is -0.272. The zero-order chi connectivity index (χ0) is 12.0. The lowest BCUT2D eigenvalue weighted by molar-refractivity contribution is -0.128. The molecule has 0 saturated carbocycles. The molecule has 2 unspecified atom stereocenters. The molecule has 0 aromatic heterocycles. The fourth-order valence-corrected chi connectivity index (χ4v) is 1.48. The van der Waals surface area contributed by atoms with Gasteiger partial charge in [0.2, 0.25) is 5.91 Å². The maximum Gasteiger partial charge on any atom is 0.246 e. The molecule has 6 nitrogen and oxygen atoms in total. The van der Waals surface area contributed by atoms with Gasteiger partial charge in [0.15, 0.2) is 5.96 Å². The molecule has 5 N–H and O–H groups in total. The van der Waals surface area contributed by atoms with Crippen molar-refractivity contribution >= 4 is 35.8 Å². The van der Waals surface area contributed by atoms with Gasteiger partial charge in [0.1, 0.15) is 6.10 Å². The van der Waals surface area contributed by atoms with Gasteiger partial charge in [-0.15, -0.1) is 30.6 Å². The van der Waals surface area contributed by atoms with Gasteiger partial charge >= 0.3 is 0 Å². The van der Waals surface area contributed by atoms with Gasteiger partial charge in [-0.25, -0.2) is 0 Å². The molecule has 1 fully saturated rings. The summed E-state index contributed by atoms with van der Waals surface area (Å²) >= 11 is 0.